The number of fused-ring (bicyclic) bond motifs is 3. The van der Waals surface area contributed by atoms with Crippen LogP contribution in [0.3, 0.4) is 0 Å². The fourth-order valence-electron chi connectivity index (χ4n) is 4.81. The van der Waals surface area contributed by atoms with Crippen molar-refractivity contribution in [3.05, 3.63) is 35.4 Å². The fourth-order valence-corrected chi connectivity index (χ4v) is 4.81. The van der Waals surface area contributed by atoms with E-state index in [1.165, 1.54) is 38.6 Å². The second-order valence-electron chi connectivity index (χ2n) is 6.91. The van der Waals surface area contributed by atoms with Crippen molar-refractivity contribution in [3.8, 4) is 0 Å². The summed E-state index contributed by atoms with van der Waals surface area (Å²) in [6.45, 7) is 4.67. The van der Waals surface area contributed by atoms with Crippen molar-refractivity contribution in [1.29, 1.82) is 0 Å². The predicted octanol–water partition coefficient (Wildman–Crippen LogP) is 2.93. The SMILES string of the molecule is CCNC1CC2CCC(C1)N2CC1Cc2ccccc21. The lowest BCUT2D eigenvalue weighted by Gasteiger charge is -2.43. The highest BCUT2D eigenvalue weighted by atomic mass is 15.2. The molecule has 2 heterocycles. The van der Waals surface area contributed by atoms with Gasteiger partial charge in [-0.3, -0.25) is 4.90 Å². The monoisotopic (exact) mass is 270 g/mol. The number of hydrogen-bond donors (Lipinski definition) is 1. The molecule has 3 atom stereocenters. The van der Waals surface area contributed by atoms with Gasteiger partial charge in [-0.15, -0.1) is 0 Å². The van der Waals surface area contributed by atoms with Crippen molar-refractivity contribution in [2.75, 3.05) is 13.1 Å². The Morgan fingerprint density at radius 2 is 1.90 bits per heavy atom. The van der Waals surface area contributed by atoms with Crippen molar-refractivity contribution >= 4 is 0 Å². The van der Waals surface area contributed by atoms with E-state index in [4.69, 9.17) is 0 Å². The Labute approximate surface area is 122 Å². The van der Waals surface area contributed by atoms with E-state index in [0.717, 1.165) is 30.6 Å². The summed E-state index contributed by atoms with van der Waals surface area (Å²) in [5.74, 6) is 0.810. The summed E-state index contributed by atoms with van der Waals surface area (Å²) in [7, 11) is 0. The number of nitrogens with zero attached hydrogens (tertiary/aromatic N) is 1. The third-order valence-electron chi connectivity index (χ3n) is 5.77. The van der Waals surface area contributed by atoms with Crippen LogP contribution in [0.4, 0.5) is 0 Å². The Morgan fingerprint density at radius 3 is 2.60 bits per heavy atom. The predicted molar refractivity (Wildman–Crippen MR) is 83.1 cm³/mol. The van der Waals surface area contributed by atoms with Crippen LogP contribution in [-0.4, -0.2) is 36.1 Å². The van der Waals surface area contributed by atoms with E-state index >= 15 is 0 Å². The van der Waals surface area contributed by atoms with E-state index < -0.39 is 0 Å². The van der Waals surface area contributed by atoms with Gasteiger partial charge in [-0.1, -0.05) is 31.2 Å². The Balaban J connectivity index is 1.42. The molecule has 4 rings (SSSR count). The molecule has 0 spiro atoms. The van der Waals surface area contributed by atoms with E-state index in [1.54, 1.807) is 11.1 Å². The van der Waals surface area contributed by atoms with Crippen LogP contribution in [0.25, 0.3) is 0 Å². The molecule has 2 aliphatic heterocycles. The summed E-state index contributed by atoms with van der Waals surface area (Å²) in [4.78, 5) is 2.86. The molecule has 2 fully saturated rings. The molecule has 2 saturated heterocycles. The van der Waals surface area contributed by atoms with E-state index in [-0.39, 0.29) is 0 Å². The van der Waals surface area contributed by atoms with E-state index in [9.17, 15) is 0 Å². The highest BCUT2D eigenvalue weighted by molar-refractivity contribution is 5.40. The summed E-state index contributed by atoms with van der Waals surface area (Å²) in [5, 5.41) is 3.68. The minimum atomic E-state index is 0.780. The second-order valence-corrected chi connectivity index (χ2v) is 6.91. The first-order valence-electron chi connectivity index (χ1n) is 8.42. The van der Waals surface area contributed by atoms with Crippen LogP contribution in [0, 0.1) is 0 Å². The van der Waals surface area contributed by atoms with Crippen LogP contribution in [0.1, 0.15) is 49.7 Å². The van der Waals surface area contributed by atoms with Gasteiger partial charge in [0, 0.05) is 30.6 Å². The van der Waals surface area contributed by atoms with Gasteiger partial charge >= 0.3 is 0 Å². The summed E-state index contributed by atoms with van der Waals surface area (Å²) in [6, 6.07) is 11.5. The highest BCUT2D eigenvalue weighted by Crippen LogP contribution is 2.41. The highest BCUT2D eigenvalue weighted by Gasteiger charge is 2.42. The van der Waals surface area contributed by atoms with Gasteiger partial charge in [0.15, 0.2) is 0 Å². The lowest BCUT2D eigenvalue weighted by atomic mass is 9.77. The topological polar surface area (TPSA) is 15.3 Å². The largest absolute Gasteiger partial charge is 0.314 e. The van der Waals surface area contributed by atoms with Gasteiger partial charge in [0.25, 0.3) is 0 Å². The van der Waals surface area contributed by atoms with Crippen molar-refractivity contribution in [2.24, 2.45) is 0 Å². The number of benzene rings is 1. The standard InChI is InChI=1S/C18H26N2/c1-2-19-15-10-16-7-8-17(11-15)20(16)12-14-9-13-5-3-4-6-18(13)14/h3-6,14-17,19H,2,7-12H2,1H3. The Hall–Kier alpha value is -0.860. The average Bonchev–Trinajstić information content (AvgIpc) is 2.67. The maximum atomic E-state index is 3.68. The van der Waals surface area contributed by atoms with Gasteiger partial charge in [0.2, 0.25) is 0 Å². The first-order chi connectivity index (χ1) is 9.85. The number of rotatable bonds is 4. The molecule has 1 aliphatic carbocycles. The van der Waals surface area contributed by atoms with Crippen LogP contribution >= 0.6 is 0 Å². The maximum Gasteiger partial charge on any atom is 0.0114 e. The molecule has 2 nitrogen and oxygen atoms in total. The van der Waals surface area contributed by atoms with Crippen molar-refractivity contribution in [1.82, 2.24) is 10.2 Å². The molecule has 1 N–H and O–H groups in total. The summed E-state index contributed by atoms with van der Waals surface area (Å²) in [5.41, 5.74) is 3.22. The molecule has 1 aromatic rings. The molecular weight excluding hydrogens is 244 g/mol. The fraction of sp³-hybridized carbons (Fsp3) is 0.667. The van der Waals surface area contributed by atoms with Gasteiger partial charge in [-0.2, -0.15) is 0 Å². The molecule has 2 bridgehead atoms. The summed E-state index contributed by atoms with van der Waals surface area (Å²) in [6.07, 6.45) is 6.92. The molecule has 0 amide bonds. The zero-order valence-corrected chi connectivity index (χ0v) is 12.5. The zero-order chi connectivity index (χ0) is 13.5. The van der Waals surface area contributed by atoms with Crippen molar-refractivity contribution < 1.29 is 0 Å². The van der Waals surface area contributed by atoms with Gasteiger partial charge in [0.05, 0.1) is 0 Å². The second kappa shape index (κ2) is 5.16. The van der Waals surface area contributed by atoms with Crippen molar-refractivity contribution in [2.45, 2.75) is 63.1 Å². The van der Waals surface area contributed by atoms with Crippen molar-refractivity contribution in [3.63, 3.8) is 0 Å². The van der Waals surface area contributed by atoms with Crippen LogP contribution < -0.4 is 5.32 Å². The number of piperidine rings is 1. The lowest BCUT2D eigenvalue weighted by molar-refractivity contribution is 0.106. The molecule has 0 radical (unpaired) electrons. The van der Waals surface area contributed by atoms with Crippen LogP contribution in [0.5, 0.6) is 0 Å². The smallest absolute Gasteiger partial charge is 0.0114 e. The third kappa shape index (κ3) is 2.10. The van der Waals surface area contributed by atoms with Gasteiger partial charge in [0.1, 0.15) is 0 Å². The molecule has 1 aromatic carbocycles. The lowest BCUT2D eigenvalue weighted by Crippen LogP contribution is -2.50. The first kappa shape index (κ1) is 12.8. The van der Waals surface area contributed by atoms with E-state index in [0.29, 0.717) is 0 Å². The average molecular weight is 270 g/mol. The third-order valence-corrected chi connectivity index (χ3v) is 5.77. The Bertz CT molecular complexity index is 470. The molecule has 0 saturated carbocycles. The normalized spacial score (nSPS) is 35.6. The molecule has 2 heteroatoms. The quantitative estimate of drug-likeness (QED) is 0.905. The Kier molecular flexibility index (Phi) is 3.31. The number of hydrogen-bond acceptors (Lipinski definition) is 2. The first-order valence-corrected chi connectivity index (χ1v) is 8.42. The summed E-state index contributed by atoms with van der Waals surface area (Å²) < 4.78 is 0. The van der Waals surface area contributed by atoms with Gasteiger partial charge in [-0.05, 0) is 49.8 Å². The van der Waals surface area contributed by atoms with Crippen LogP contribution in [0.2, 0.25) is 0 Å². The van der Waals surface area contributed by atoms with Crippen LogP contribution in [-0.2, 0) is 6.42 Å². The molecular formula is C18H26N2. The number of nitrogens with one attached hydrogen (secondary N) is 1. The van der Waals surface area contributed by atoms with E-state index in [2.05, 4.69) is 41.4 Å². The maximum absolute atomic E-state index is 3.68. The minimum absolute atomic E-state index is 0.780. The molecule has 0 aromatic heterocycles. The summed E-state index contributed by atoms with van der Waals surface area (Å²) >= 11 is 0. The van der Waals surface area contributed by atoms with E-state index in [1.807, 2.05) is 0 Å². The Morgan fingerprint density at radius 1 is 1.15 bits per heavy atom. The van der Waals surface area contributed by atoms with Gasteiger partial charge < -0.3 is 5.32 Å². The van der Waals surface area contributed by atoms with Crippen LogP contribution in [0.15, 0.2) is 24.3 Å². The molecule has 3 aliphatic rings. The van der Waals surface area contributed by atoms with Gasteiger partial charge in [-0.25, -0.2) is 0 Å². The molecule has 108 valence electrons. The zero-order valence-electron chi connectivity index (χ0n) is 12.5. The molecule has 3 unspecified atom stereocenters. The minimum Gasteiger partial charge on any atom is -0.314 e. The molecule has 20 heavy (non-hydrogen) atoms.